The summed E-state index contributed by atoms with van der Waals surface area (Å²) in [4.78, 5) is 30.9. The van der Waals surface area contributed by atoms with E-state index in [1.54, 1.807) is 11.6 Å². The topological polar surface area (TPSA) is 87.1 Å². The van der Waals surface area contributed by atoms with Crippen molar-refractivity contribution in [1.29, 1.82) is 0 Å². The summed E-state index contributed by atoms with van der Waals surface area (Å²) in [5.41, 5.74) is 6.93. The zero-order chi connectivity index (χ0) is 32.5. The van der Waals surface area contributed by atoms with Gasteiger partial charge in [0.1, 0.15) is 5.75 Å². The lowest BCUT2D eigenvalue weighted by Gasteiger charge is -2.22. The Balaban J connectivity index is 1.27. The van der Waals surface area contributed by atoms with E-state index in [0.29, 0.717) is 35.0 Å². The Morgan fingerprint density at radius 1 is 0.830 bits per heavy atom. The van der Waals surface area contributed by atoms with Crippen LogP contribution >= 0.6 is 15.9 Å². The minimum atomic E-state index is -0.612. The molecule has 5 aromatic carbocycles. The number of benzene rings is 5. The smallest absolute Gasteiger partial charge is 0.258 e. The third-order valence-electron chi connectivity index (χ3n) is 8.83. The molecule has 0 bridgehead atoms. The number of carbonyl (C=O) groups excluding carboxylic acids is 1. The number of rotatable bonds is 8. The molecule has 3 N–H and O–H groups in total. The van der Waals surface area contributed by atoms with Crippen molar-refractivity contribution in [3.8, 4) is 16.9 Å². The number of aromatic hydroxyl groups is 1. The summed E-state index contributed by atoms with van der Waals surface area (Å²) in [7, 11) is 1.74. The quantitative estimate of drug-likeness (QED) is 0.151. The highest BCUT2D eigenvalue weighted by Crippen LogP contribution is 2.41. The van der Waals surface area contributed by atoms with Gasteiger partial charge < -0.3 is 20.0 Å². The van der Waals surface area contributed by atoms with Gasteiger partial charge in [-0.15, -0.1) is 0 Å². The van der Waals surface area contributed by atoms with Gasteiger partial charge in [0.2, 0.25) is 0 Å². The van der Waals surface area contributed by atoms with Crippen molar-refractivity contribution in [2.24, 2.45) is 7.05 Å². The summed E-state index contributed by atoms with van der Waals surface area (Å²) in [6.07, 6.45) is 0.506. The minimum absolute atomic E-state index is 0.0365. The first-order valence-electron chi connectivity index (χ1n) is 15.5. The van der Waals surface area contributed by atoms with Gasteiger partial charge in [0.25, 0.3) is 11.5 Å². The van der Waals surface area contributed by atoms with Gasteiger partial charge in [0, 0.05) is 45.6 Å². The normalized spacial score (nSPS) is 12.0. The molecule has 1 atom stereocenters. The maximum absolute atomic E-state index is 14.1. The lowest BCUT2D eigenvalue weighted by Crippen LogP contribution is -2.27. The molecule has 1 amide bonds. The van der Waals surface area contributed by atoms with Crippen molar-refractivity contribution < 1.29 is 9.90 Å². The van der Waals surface area contributed by atoms with E-state index >= 15 is 0 Å². The molecule has 6 nitrogen and oxygen atoms in total. The SMILES string of the molecule is Cn1c(=O)c(C(c2cccc(Br)c2)c2[nH]c3ccccc3c2CCNC(=O)c2ccc(-c3ccccc3)cc2)c(O)c2ccccc21. The van der Waals surface area contributed by atoms with Crippen LogP contribution in [0.5, 0.6) is 5.75 Å². The lowest BCUT2D eigenvalue weighted by atomic mass is 9.85. The maximum atomic E-state index is 14.1. The molecule has 2 heterocycles. The number of H-pyrrole nitrogens is 1. The number of aromatic nitrogens is 2. The van der Waals surface area contributed by atoms with E-state index in [9.17, 15) is 14.7 Å². The monoisotopic (exact) mass is 681 g/mol. The number of hydrogen-bond donors (Lipinski definition) is 3. The molecule has 0 aliphatic rings. The number of hydrogen-bond acceptors (Lipinski definition) is 3. The summed E-state index contributed by atoms with van der Waals surface area (Å²) in [5.74, 6) is -0.805. The average Bonchev–Trinajstić information content (AvgIpc) is 3.47. The van der Waals surface area contributed by atoms with Crippen molar-refractivity contribution in [2.45, 2.75) is 12.3 Å². The van der Waals surface area contributed by atoms with Gasteiger partial charge in [-0.2, -0.15) is 0 Å². The van der Waals surface area contributed by atoms with Crippen LogP contribution in [-0.4, -0.2) is 27.1 Å². The summed E-state index contributed by atoms with van der Waals surface area (Å²) in [5, 5.41) is 16.5. The Hall–Kier alpha value is -5.40. The van der Waals surface area contributed by atoms with Crippen LogP contribution in [0.4, 0.5) is 0 Å². The second-order valence-electron chi connectivity index (χ2n) is 11.6. The van der Waals surface area contributed by atoms with Gasteiger partial charge in [-0.05, 0) is 71.1 Å². The molecule has 0 aliphatic carbocycles. The number of nitrogens with zero attached hydrogens (tertiary/aromatic N) is 1. The number of pyridine rings is 1. The third kappa shape index (κ3) is 5.75. The van der Waals surface area contributed by atoms with Crippen molar-refractivity contribution in [1.82, 2.24) is 14.9 Å². The van der Waals surface area contributed by atoms with Crippen molar-refractivity contribution >= 4 is 43.6 Å². The number of para-hydroxylation sites is 2. The van der Waals surface area contributed by atoms with Gasteiger partial charge in [0.05, 0.1) is 17.0 Å². The Labute approximate surface area is 280 Å². The molecule has 7 rings (SSSR count). The Morgan fingerprint density at radius 3 is 2.28 bits per heavy atom. The fraction of sp³-hybridized carbons (Fsp3) is 0.100. The van der Waals surface area contributed by atoms with E-state index in [1.165, 1.54) is 0 Å². The summed E-state index contributed by atoms with van der Waals surface area (Å²) < 4.78 is 2.46. The highest BCUT2D eigenvalue weighted by molar-refractivity contribution is 9.10. The molecule has 0 spiro atoms. The zero-order valence-corrected chi connectivity index (χ0v) is 27.3. The highest BCUT2D eigenvalue weighted by Gasteiger charge is 2.30. The first-order chi connectivity index (χ1) is 22.9. The Morgan fingerprint density at radius 2 is 1.51 bits per heavy atom. The van der Waals surface area contributed by atoms with Gasteiger partial charge in [-0.1, -0.05) is 101 Å². The second kappa shape index (κ2) is 12.8. The molecule has 0 fully saturated rings. The third-order valence-corrected chi connectivity index (χ3v) is 9.32. The van der Waals surface area contributed by atoms with Crippen molar-refractivity contribution in [3.63, 3.8) is 0 Å². The Kier molecular flexibility index (Phi) is 8.23. The predicted molar refractivity (Wildman–Crippen MR) is 192 cm³/mol. The van der Waals surface area contributed by atoms with Crippen LogP contribution in [0, 0.1) is 0 Å². The zero-order valence-electron chi connectivity index (χ0n) is 25.7. The van der Waals surface area contributed by atoms with Crippen LogP contribution in [0.25, 0.3) is 32.9 Å². The van der Waals surface area contributed by atoms with Gasteiger partial charge in [-0.3, -0.25) is 9.59 Å². The number of halogens is 1. The summed E-state index contributed by atoms with van der Waals surface area (Å²) in [6.45, 7) is 0.376. The molecule has 232 valence electrons. The van der Waals surface area contributed by atoms with Gasteiger partial charge in [-0.25, -0.2) is 0 Å². The molecule has 0 aliphatic heterocycles. The molecule has 1 unspecified atom stereocenters. The van der Waals surface area contributed by atoms with E-state index in [4.69, 9.17) is 0 Å². The molecular formula is C40H32BrN3O3. The Bertz CT molecular complexity index is 2310. The second-order valence-corrected chi connectivity index (χ2v) is 12.6. The van der Waals surface area contributed by atoms with E-state index in [2.05, 4.69) is 26.2 Å². The molecule has 0 radical (unpaired) electrons. The molecule has 2 aromatic heterocycles. The number of fused-ring (bicyclic) bond motifs is 2. The number of carbonyl (C=O) groups is 1. The molecule has 7 aromatic rings. The fourth-order valence-electron chi connectivity index (χ4n) is 6.51. The largest absolute Gasteiger partial charge is 0.507 e. The molecule has 0 saturated heterocycles. The lowest BCUT2D eigenvalue weighted by molar-refractivity contribution is 0.0954. The van der Waals surface area contributed by atoms with Gasteiger partial charge in [0.15, 0.2) is 0 Å². The average molecular weight is 683 g/mol. The minimum Gasteiger partial charge on any atom is -0.507 e. The highest BCUT2D eigenvalue weighted by atomic mass is 79.9. The van der Waals surface area contributed by atoms with E-state index < -0.39 is 5.92 Å². The number of aromatic amines is 1. The molecule has 47 heavy (non-hydrogen) atoms. The molecule has 7 heteroatoms. The van der Waals surface area contributed by atoms with E-state index in [-0.39, 0.29) is 17.2 Å². The van der Waals surface area contributed by atoms with Crippen LogP contribution in [0.3, 0.4) is 0 Å². The first-order valence-corrected chi connectivity index (χ1v) is 16.3. The van der Waals surface area contributed by atoms with Crippen LogP contribution in [0.2, 0.25) is 0 Å². The van der Waals surface area contributed by atoms with Crippen LogP contribution < -0.4 is 10.9 Å². The molecule has 0 saturated carbocycles. The van der Waals surface area contributed by atoms with Crippen LogP contribution in [0.1, 0.15) is 38.7 Å². The predicted octanol–water partition coefficient (Wildman–Crippen LogP) is 8.31. The number of amides is 1. The fourth-order valence-corrected chi connectivity index (χ4v) is 6.93. The number of aryl methyl sites for hydroxylation is 1. The van der Waals surface area contributed by atoms with Crippen LogP contribution in [-0.2, 0) is 13.5 Å². The van der Waals surface area contributed by atoms with Crippen LogP contribution in [0.15, 0.2) is 137 Å². The van der Waals surface area contributed by atoms with E-state index in [1.807, 2.05) is 127 Å². The summed E-state index contributed by atoms with van der Waals surface area (Å²) in [6, 6.07) is 40.9. The molecular weight excluding hydrogens is 650 g/mol. The van der Waals surface area contributed by atoms with E-state index in [0.717, 1.165) is 43.3 Å². The van der Waals surface area contributed by atoms with Crippen molar-refractivity contribution in [3.05, 3.63) is 170 Å². The summed E-state index contributed by atoms with van der Waals surface area (Å²) >= 11 is 3.61. The van der Waals surface area contributed by atoms with Gasteiger partial charge >= 0.3 is 0 Å². The standard InChI is InChI=1S/C40H32BrN3O3/c1-44-34-17-8-6-15-32(34)38(45)36(40(44)47)35(28-12-9-13-29(41)24-28)37-31(30-14-5-7-16-33(30)43-37)22-23-42-39(46)27-20-18-26(19-21-27)25-10-3-2-4-11-25/h2-21,24,35,43,45H,22-23H2,1H3,(H,42,46). The number of nitrogens with one attached hydrogen (secondary N) is 2. The first kappa shape index (κ1) is 30.3. The maximum Gasteiger partial charge on any atom is 0.258 e. The van der Waals surface area contributed by atoms with Crippen molar-refractivity contribution in [2.75, 3.05) is 6.54 Å².